The van der Waals surface area contributed by atoms with Crippen LogP contribution < -0.4 is 5.32 Å². The SMILES string of the molecule is CNC(c1ccc(SC)cc1)C(C)CC(=O)O. The van der Waals surface area contributed by atoms with Crippen molar-refractivity contribution in [2.24, 2.45) is 5.92 Å². The summed E-state index contributed by atoms with van der Waals surface area (Å²) in [5, 5.41) is 12.0. The second-order valence-corrected chi connectivity index (χ2v) is 4.99. The molecule has 0 amide bonds. The summed E-state index contributed by atoms with van der Waals surface area (Å²) in [7, 11) is 1.87. The van der Waals surface area contributed by atoms with E-state index in [0.717, 1.165) is 5.56 Å². The Hall–Kier alpha value is -1.00. The number of carbonyl (C=O) groups is 1. The van der Waals surface area contributed by atoms with Gasteiger partial charge in [0, 0.05) is 17.4 Å². The summed E-state index contributed by atoms with van der Waals surface area (Å²) >= 11 is 1.70. The Balaban J connectivity index is 2.81. The van der Waals surface area contributed by atoms with Crippen molar-refractivity contribution < 1.29 is 9.90 Å². The van der Waals surface area contributed by atoms with Crippen LogP contribution in [0.5, 0.6) is 0 Å². The average molecular weight is 253 g/mol. The number of hydrogen-bond donors (Lipinski definition) is 2. The molecule has 0 aliphatic carbocycles. The minimum atomic E-state index is -0.751. The van der Waals surface area contributed by atoms with Gasteiger partial charge in [-0.25, -0.2) is 0 Å². The molecule has 0 aliphatic heterocycles. The van der Waals surface area contributed by atoms with Crippen molar-refractivity contribution in [2.45, 2.75) is 24.3 Å². The molecule has 1 aromatic carbocycles. The fourth-order valence-electron chi connectivity index (χ4n) is 1.98. The zero-order valence-corrected chi connectivity index (χ0v) is 11.3. The molecular formula is C13H19NO2S. The molecule has 94 valence electrons. The molecule has 2 atom stereocenters. The van der Waals surface area contributed by atoms with Crippen LogP contribution in [0.1, 0.15) is 24.9 Å². The highest BCUT2D eigenvalue weighted by atomic mass is 32.2. The zero-order valence-electron chi connectivity index (χ0n) is 10.4. The lowest BCUT2D eigenvalue weighted by molar-refractivity contribution is -0.138. The Morgan fingerprint density at radius 3 is 2.41 bits per heavy atom. The lowest BCUT2D eigenvalue weighted by atomic mass is 9.92. The normalized spacial score (nSPS) is 14.3. The topological polar surface area (TPSA) is 49.3 Å². The van der Waals surface area contributed by atoms with Crippen molar-refractivity contribution in [3.8, 4) is 0 Å². The number of carboxylic acids is 1. The van der Waals surface area contributed by atoms with Gasteiger partial charge in [-0.15, -0.1) is 11.8 Å². The first kappa shape index (κ1) is 14.1. The van der Waals surface area contributed by atoms with Gasteiger partial charge in [0.25, 0.3) is 0 Å². The molecule has 0 aromatic heterocycles. The van der Waals surface area contributed by atoms with Gasteiger partial charge < -0.3 is 10.4 Å². The van der Waals surface area contributed by atoms with E-state index in [4.69, 9.17) is 5.11 Å². The second-order valence-electron chi connectivity index (χ2n) is 4.11. The van der Waals surface area contributed by atoms with Crippen molar-refractivity contribution in [3.63, 3.8) is 0 Å². The standard InChI is InChI=1S/C13H19NO2S/c1-9(8-12(15)16)13(14-2)10-4-6-11(17-3)7-5-10/h4-7,9,13-14H,8H2,1-3H3,(H,15,16). The van der Waals surface area contributed by atoms with Crippen LogP contribution >= 0.6 is 11.8 Å². The average Bonchev–Trinajstić information content (AvgIpc) is 2.30. The fourth-order valence-corrected chi connectivity index (χ4v) is 2.39. The number of aliphatic carboxylic acids is 1. The third-order valence-electron chi connectivity index (χ3n) is 2.85. The number of thioether (sulfide) groups is 1. The van der Waals surface area contributed by atoms with Crippen LogP contribution in [0.15, 0.2) is 29.2 Å². The summed E-state index contributed by atoms with van der Waals surface area (Å²) < 4.78 is 0. The molecule has 4 heteroatoms. The van der Waals surface area contributed by atoms with Gasteiger partial charge in [-0.05, 0) is 36.9 Å². The second kappa shape index (κ2) is 6.67. The van der Waals surface area contributed by atoms with Gasteiger partial charge in [0.05, 0.1) is 0 Å². The van der Waals surface area contributed by atoms with E-state index in [-0.39, 0.29) is 18.4 Å². The third-order valence-corrected chi connectivity index (χ3v) is 3.60. The molecule has 17 heavy (non-hydrogen) atoms. The number of nitrogens with one attached hydrogen (secondary N) is 1. The van der Waals surface area contributed by atoms with Crippen LogP contribution in [0, 0.1) is 5.92 Å². The van der Waals surface area contributed by atoms with E-state index in [1.807, 2.05) is 20.2 Å². The highest BCUT2D eigenvalue weighted by molar-refractivity contribution is 7.98. The number of carboxylic acid groups (broad SMARTS) is 1. The first-order valence-corrected chi connectivity index (χ1v) is 6.84. The van der Waals surface area contributed by atoms with Gasteiger partial charge in [-0.3, -0.25) is 4.79 Å². The van der Waals surface area contributed by atoms with Crippen molar-refractivity contribution in [1.29, 1.82) is 0 Å². The lowest BCUT2D eigenvalue weighted by Crippen LogP contribution is -2.25. The highest BCUT2D eigenvalue weighted by Crippen LogP contribution is 2.26. The first-order valence-electron chi connectivity index (χ1n) is 5.61. The van der Waals surface area contributed by atoms with Crippen LogP contribution in [0.4, 0.5) is 0 Å². The summed E-state index contributed by atoms with van der Waals surface area (Å²) in [6.07, 6.45) is 2.22. The molecular weight excluding hydrogens is 234 g/mol. The number of hydrogen-bond acceptors (Lipinski definition) is 3. The molecule has 0 aliphatic rings. The van der Waals surface area contributed by atoms with E-state index in [1.165, 1.54) is 4.90 Å². The molecule has 0 bridgehead atoms. The maximum absolute atomic E-state index is 10.7. The van der Waals surface area contributed by atoms with E-state index in [1.54, 1.807) is 11.8 Å². The third kappa shape index (κ3) is 4.06. The lowest BCUT2D eigenvalue weighted by Gasteiger charge is -2.23. The molecule has 0 heterocycles. The molecule has 1 aromatic rings. The zero-order chi connectivity index (χ0) is 12.8. The maximum atomic E-state index is 10.7. The predicted molar refractivity (Wildman–Crippen MR) is 71.4 cm³/mol. The predicted octanol–water partition coefficient (Wildman–Crippen LogP) is 2.78. The van der Waals surface area contributed by atoms with Crippen molar-refractivity contribution in [3.05, 3.63) is 29.8 Å². The van der Waals surface area contributed by atoms with Crippen molar-refractivity contribution in [1.82, 2.24) is 5.32 Å². The minimum Gasteiger partial charge on any atom is -0.481 e. The van der Waals surface area contributed by atoms with Crippen molar-refractivity contribution in [2.75, 3.05) is 13.3 Å². The van der Waals surface area contributed by atoms with Crippen LogP contribution in [0.2, 0.25) is 0 Å². The summed E-state index contributed by atoms with van der Waals surface area (Å²) in [5.74, 6) is -0.684. The van der Waals surface area contributed by atoms with Crippen LogP contribution in [-0.4, -0.2) is 24.4 Å². The van der Waals surface area contributed by atoms with E-state index >= 15 is 0 Å². The van der Waals surface area contributed by atoms with Gasteiger partial charge >= 0.3 is 5.97 Å². The molecule has 0 fully saturated rings. The van der Waals surface area contributed by atoms with Gasteiger partial charge in [0.1, 0.15) is 0 Å². The molecule has 2 N–H and O–H groups in total. The quantitative estimate of drug-likeness (QED) is 0.765. The minimum absolute atomic E-state index is 0.0672. The Morgan fingerprint density at radius 1 is 1.41 bits per heavy atom. The first-order chi connectivity index (χ1) is 8.08. The summed E-state index contributed by atoms with van der Waals surface area (Å²) in [4.78, 5) is 11.9. The summed E-state index contributed by atoms with van der Waals surface area (Å²) in [6, 6.07) is 8.34. The Bertz CT molecular complexity index is 364. The molecule has 3 nitrogen and oxygen atoms in total. The largest absolute Gasteiger partial charge is 0.481 e. The van der Waals surface area contributed by atoms with Crippen LogP contribution in [-0.2, 0) is 4.79 Å². The number of benzene rings is 1. The highest BCUT2D eigenvalue weighted by Gasteiger charge is 2.19. The smallest absolute Gasteiger partial charge is 0.303 e. The maximum Gasteiger partial charge on any atom is 0.303 e. The Kier molecular flexibility index (Phi) is 5.51. The fraction of sp³-hybridized carbons (Fsp3) is 0.462. The molecule has 0 saturated heterocycles. The van der Waals surface area contributed by atoms with Gasteiger partial charge in [0.2, 0.25) is 0 Å². The van der Waals surface area contributed by atoms with Gasteiger partial charge in [-0.2, -0.15) is 0 Å². The Morgan fingerprint density at radius 2 is 2.00 bits per heavy atom. The van der Waals surface area contributed by atoms with Crippen molar-refractivity contribution >= 4 is 17.7 Å². The summed E-state index contributed by atoms with van der Waals surface area (Å²) in [6.45, 7) is 1.96. The van der Waals surface area contributed by atoms with Crippen LogP contribution in [0.3, 0.4) is 0 Å². The Labute approximate surface area is 107 Å². The monoisotopic (exact) mass is 253 g/mol. The van der Waals surface area contributed by atoms with Gasteiger partial charge in [0.15, 0.2) is 0 Å². The molecule has 2 unspecified atom stereocenters. The number of rotatable bonds is 6. The molecule has 0 radical (unpaired) electrons. The van der Waals surface area contributed by atoms with Crippen LogP contribution in [0.25, 0.3) is 0 Å². The van der Waals surface area contributed by atoms with E-state index < -0.39 is 5.97 Å². The molecule has 1 rings (SSSR count). The summed E-state index contributed by atoms with van der Waals surface area (Å²) in [5.41, 5.74) is 1.14. The van der Waals surface area contributed by atoms with E-state index in [0.29, 0.717) is 0 Å². The molecule has 0 saturated carbocycles. The van der Waals surface area contributed by atoms with E-state index in [9.17, 15) is 4.79 Å². The van der Waals surface area contributed by atoms with E-state index in [2.05, 4.69) is 29.6 Å². The molecule has 0 spiro atoms. The van der Waals surface area contributed by atoms with Gasteiger partial charge in [-0.1, -0.05) is 19.1 Å².